The van der Waals surface area contributed by atoms with E-state index in [9.17, 15) is 9.59 Å². The first-order valence-corrected chi connectivity index (χ1v) is 7.58. The molecule has 4 heteroatoms. The molecule has 116 valence electrons. The van der Waals surface area contributed by atoms with E-state index < -0.39 is 0 Å². The molecule has 1 saturated heterocycles. The van der Waals surface area contributed by atoms with E-state index >= 15 is 0 Å². The van der Waals surface area contributed by atoms with Crippen molar-refractivity contribution in [2.75, 3.05) is 13.1 Å². The highest BCUT2D eigenvalue weighted by Crippen LogP contribution is 2.27. The number of hydrogen-bond donors (Lipinski definition) is 1. The van der Waals surface area contributed by atoms with Crippen molar-refractivity contribution in [2.24, 2.45) is 11.3 Å². The van der Waals surface area contributed by atoms with Crippen LogP contribution in [0.1, 0.15) is 60.8 Å². The van der Waals surface area contributed by atoms with Crippen LogP contribution in [0, 0.1) is 11.3 Å². The average Bonchev–Trinajstić information content (AvgIpc) is 2.24. The lowest BCUT2D eigenvalue weighted by Crippen LogP contribution is -2.50. The van der Waals surface area contributed by atoms with Crippen molar-refractivity contribution in [3.8, 4) is 0 Å². The lowest BCUT2D eigenvalue weighted by Gasteiger charge is -2.36. The Morgan fingerprint density at radius 3 is 2.00 bits per heavy atom. The van der Waals surface area contributed by atoms with Gasteiger partial charge in [-0.1, -0.05) is 20.8 Å². The molecule has 0 aromatic carbocycles. The van der Waals surface area contributed by atoms with Gasteiger partial charge in [0.25, 0.3) is 0 Å². The highest BCUT2D eigenvalue weighted by atomic mass is 16.2. The third-order valence-corrected chi connectivity index (χ3v) is 3.74. The van der Waals surface area contributed by atoms with Crippen LogP contribution < -0.4 is 5.32 Å². The third kappa shape index (κ3) is 5.51. The zero-order valence-corrected chi connectivity index (χ0v) is 13.9. The normalized spacial score (nSPS) is 18.0. The van der Waals surface area contributed by atoms with Gasteiger partial charge in [0.1, 0.15) is 0 Å². The number of carbonyl (C=O) groups is 2. The van der Waals surface area contributed by atoms with Crippen LogP contribution in [0.15, 0.2) is 0 Å². The molecule has 1 fully saturated rings. The second kappa shape index (κ2) is 6.15. The van der Waals surface area contributed by atoms with Crippen molar-refractivity contribution in [2.45, 2.75) is 66.3 Å². The van der Waals surface area contributed by atoms with Crippen molar-refractivity contribution in [1.29, 1.82) is 0 Å². The van der Waals surface area contributed by atoms with Gasteiger partial charge >= 0.3 is 0 Å². The van der Waals surface area contributed by atoms with E-state index in [1.54, 1.807) is 6.92 Å². The zero-order chi connectivity index (χ0) is 15.6. The van der Waals surface area contributed by atoms with E-state index in [2.05, 4.69) is 39.9 Å². The summed E-state index contributed by atoms with van der Waals surface area (Å²) in [6, 6.07) is 0. The largest absolute Gasteiger partial charge is 0.351 e. The van der Waals surface area contributed by atoms with Gasteiger partial charge in [-0.25, -0.2) is 0 Å². The van der Waals surface area contributed by atoms with Crippen LogP contribution in [0.4, 0.5) is 0 Å². The number of piperidine rings is 1. The Morgan fingerprint density at radius 2 is 1.60 bits per heavy atom. The molecule has 0 saturated carbocycles. The molecular formula is C16H30N2O2. The summed E-state index contributed by atoms with van der Waals surface area (Å²) >= 11 is 0. The maximum Gasteiger partial charge on any atom is 0.223 e. The summed E-state index contributed by atoms with van der Waals surface area (Å²) in [7, 11) is 0. The molecule has 2 amide bonds. The molecule has 0 aliphatic carbocycles. The van der Waals surface area contributed by atoms with Crippen LogP contribution in [0.2, 0.25) is 0 Å². The molecule has 1 rings (SSSR count). The first-order valence-electron chi connectivity index (χ1n) is 7.58. The molecule has 0 unspecified atom stereocenters. The maximum atomic E-state index is 12.4. The van der Waals surface area contributed by atoms with Crippen molar-refractivity contribution in [1.82, 2.24) is 10.2 Å². The molecule has 0 atom stereocenters. The quantitative estimate of drug-likeness (QED) is 0.865. The van der Waals surface area contributed by atoms with Crippen molar-refractivity contribution >= 4 is 11.8 Å². The molecular weight excluding hydrogens is 252 g/mol. The van der Waals surface area contributed by atoms with E-state index in [0.29, 0.717) is 13.1 Å². The number of rotatable bonds is 3. The lowest BCUT2D eigenvalue weighted by molar-refractivity contribution is -0.134. The highest BCUT2D eigenvalue weighted by Gasteiger charge is 2.31. The van der Waals surface area contributed by atoms with Crippen LogP contribution in [-0.4, -0.2) is 35.3 Å². The average molecular weight is 282 g/mol. The molecule has 0 aromatic rings. The second-order valence-electron chi connectivity index (χ2n) is 7.89. The Morgan fingerprint density at radius 1 is 1.10 bits per heavy atom. The number of hydrogen-bond acceptors (Lipinski definition) is 2. The number of amides is 2. The van der Waals surface area contributed by atoms with Gasteiger partial charge in [0, 0.05) is 31.5 Å². The standard InChI is InChI=1S/C16H30N2O2/c1-12(19)18-9-7-13(8-10-18)14(20)17-16(5,6)11-15(2,3)4/h13H,7-11H2,1-6H3,(H,17,20). The van der Waals surface area contributed by atoms with Crippen LogP contribution >= 0.6 is 0 Å². The fourth-order valence-corrected chi connectivity index (χ4v) is 3.26. The van der Waals surface area contributed by atoms with Gasteiger partial charge in [0.15, 0.2) is 0 Å². The van der Waals surface area contributed by atoms with Crippen LogP contribution in [-0.2, 0) is 9.59 Å². The van der Waals surface area contributed by atoms with Crippen molar-refractivity contribution in [3.63, 3.8) is 0 Å². The Hall–Kier alpha value is -1.06. The van der Waals surface area contributed by atoms with Gasteiger partial charge in [-0.15, -0.1) is 0 Å². The lowest BCUT2D eigenvalue weighted by atomic mass is 9.81. The van der Waals surface area contributed by atoms with E-state index in [0.717, 1.165) is 19.3 Å². The maximum absolute atomic E-state index is 12.4. The number of nitrogens with zero attached hydrogens (tertiary/aromatic N) is 1. The van der Waals surface area contributed by atoms with Gasteiger partial charge in [0.2, 0.25) is 11.8 Å². The fraction of sp³-hybridized carbons (Fsp3) is 0.875. The Bertz CT molecular complexity index is 361. The summed E-state index contributed by atoms with van der Waals surface area (Å²) < 4.78 is 0. The van der Waals surface area contributed by atoms with E-state index in [4.69, 9.17) is 0 Å². The highest BCUT2D eigenvalue weighted by molar-refractivity contribution is 5.80. The molecule has 4 nitrogen and oxygen atoms in total. The molecule has 0 radical (unpaired) electrons. The monoisotopic (exact) mass is 282 g/mol. The number of carbonyl (C=O) groups excluding carboxylic acids is 2. The smallest absolute Gasteiger partial charge is 0.223 e. The minimum atomic E-state index is -0.187. The number of likely N-dealkylation sites (tertiary alicyclic amines) is 1. The molecule has 1 aliphatic rings. The first kappa shape index (κ1) is 17.0. The van der Waals surface area contributed by atoms with Crippen LogP contribution in [0.3, 0.4) is 0 Å². The summed E-state index contributed by atoms with van der Waals surface area (Å²) in [5.74, 6) is 0.296. The third-order valence-electron chi connectivity index (χ3n) is 3.74. The summed E-state index contributed by atoms with van der Waals surface area (Å²) in [5, 5.41) is 3.18. The molecule has 1 aliphatic heterocycles. The van der Waals surface area contributed by atoms with E-state index in [1.165, 1.54) is 0 Å². The predicted octanol–water partition coefficient (Wildman–Crippen LogP) is 2.58. The topological polar surface area (TPSA) is 49.4 Å². The van der Waals surface area contributed by atoms with Crippen LogP contribution in [0.25, 0.3) is 0 Å². The van der Waals surface area contributed by atoms with E-state index in [1.807, 2.05) is 4.90 Å². The van der Waals surface area contributed by atoms with Gasteiger partial charge in [-0.2, -0.15) is 0 Å². The van der Waals surface area contributed by atoms with E-state index in [-0.39, 0.29) is 28.7 Å². The Kier molecular flexibility index (Phi) is 5.22. The Balaban J connectivity index is 2.50. The van der Waals surface area contributed by atoms with Crippen molar-refractivity contribution in [3.05, 3.63) is 0 Å². The van der Waals surface area contributed by atoms with Gasteiger partial charge in [0.05, 0.1) is 0 Å². The minimum Gasteiger partial charge on any atom is -0.351 e. The summed E-state index contributed by atoms with van der Waals surface area (Å²) in [6.07, 6.45) is 2.49. The zero-order valence-electron chi connectivity index (χ0n) is 13.9. The number of nitrogens with one attached hydrogen (secondary N) is 1. The fourth-order valence-electron chi connectivity index (χ4n) is 3.26. The Labute approximate surface area is 123 Å². The van der Waals surface area contributed by atoms with Crippen molar-refractivity contribution < 1.29 is 9.59 Å². The SMILES string of the molecule is CC(=O)N1CCC(C(=O)NC(C)(C)CC(C)(C)C)CC1. The molecule has 1 heterocycles. The molecule has 1 N–H and O–H groups in total. The molecule has 0 aromatic heterocycles. The minimum absolute atomic E-state index is 0.0462. The van der Waals surface area contributed by atoms with Crippen LogP contribution in [0.5, 0.6) is 0 Å². The van der Waals surface area contributed by atoms with Gasteiger partial charge < -0.3 is 10.2 Å². The van der Waals surface area contributed by atoms with Gasteiger partial charge in [-0.05, 0) is 38.5 Å². The predicted molar refractivity (Wildman–Crippen MR) is 81.3 cm³/mol. The molecule has 20 heavy (non-hydrogen) atoms. The summed E-state index contributed by atoms with van der Waals surface area (Å²) in [6.45, 7) is 13.7. The first-order chi connectivity index (χ1) is 9.00. The second-order valence-corrected chi connectivity index (χ2v) is 7.89. The summed E-state index contributed by atoms with van der Waals surface area (Å²) in [5.41, 5.74) is 0.00180. The van der Waals surface area contributed by atoms with Gasteiger partial charge in [-0.3, -0.25) is 9.59 Å². The molecule has 0 bridgehead atoms. The summed E-state index contributed by atoms with van der Waals surface area (Å²) in [4.78, 5) is 25.5. The molecule has 0 spiro atoms.